The highest BCUT2D eigenvalue weighted by atomic mass is 16.4. The second-order valence-electron chi connectivity index (χ2n) is 5.41. The Kier molecular flexibility index (Phi) is 3.24. The molecule has 2 rings (SSSR count). The van der Waals surface area contributed by atoms with Crippen LogP contribution in [0.25, 0.3) is 0 Å². The van der Waals surface area contributed by atoms with Crippen molar-refractivity contribution in [2.24, 2.45) is 10.8 Å². The molecule has 0 bridgehead atoms. The lowest BCUT2D eigenvalue weighted by atomic mass is 9.50. The van der Waals surface area contributed by atoms with E-state index in [4.69, 9.17) is 5.26 Å². The molecule has 0 aliphatic heterocycles. The van der Waals surface area contributed by atoms with Gasteiger partial charge in [-0.3, -0.25) is 4.79 Å². The monoisotopic (exact) mass is 233 g/mol. The van der Waals surface area contributed by atoms with Crippen LogP contribution in [0.1, 0.15) is 51.4 Å². The van der Waals surface area contributed by atoms with Crippen molar-refractivity contribution in [3.63, 3.8) is 0 Å². The van der Waals surface area contributed by atoms with Crippen LogP contribution in [0, 0.1) is 22.2 Å². The minimum atomic E-state index is -0.653. The number of fused-ring (bicyclic) bond motifs is 1. The first kappa shape index (κ1) is 12.2. The third-order valence-corrected chi connectivity index (χ3v) is 4.79. The molecule has 0 unspecified atom stereocenters. The number of nitriles is 1. The Labute approximate surface area is 102 Å². The molecular formula is C14H19NO2. The second-order valence-corrected chi connectivity index (χ2v) is 5.41. The van der Waals surface area contributed by atoms with Gasteiger partial charge in [-0.1, -0.05) is 25.0 Å². The molecule has 0 aromatic rings. The highest BCUT2D eigenvalue weighted by Gasteiger charge is 2.56. The number of carbonyl (C=O) groups is 1. The molecule has 0 aromatic carbocycles. The summed E-state index contributed by atoms with van der Waals surface area (Å²) in [5.41, 5.74) is -0.765. The van der Waals surface area contributed by atoms with Crippen molar-refractivity contribution in [1.82, 2.24) is 0 Å². The Morgan fingerprint density at radius 2 is 2.00 bits per heavy atom. The van der Waals surface area contributed by atoms with Gasteiger partial charge in [0.05, 0.1) is 11.5 Å². The number of carboxylic acids is 1. The van der Waals surface area contributed by atoms with Gasteiger partial charge < -0.3 is 5.11 Å². The number of hydrogen-bond acceptors (Lipinski definition) is 2. The number of hydrogen-bond donors (Lipinski definition) is 1. The summed E-state index contributed by atoms with van der Waals surface area (Å²) < 4.78 is 0. The molecule has 92 valence electrons. The summed E-state index contributed by atoms with van der Waals surface area (Å²) in [5, 5.41) is 18.5. The average molecular weight is 233 g/mol. The molecule has 2 atom stereocenters. The van der Waals surface area contributed by atoms with Crippen molar-refractivity contribution in [2.45, 2.75) is 51.4 Å². The van der Waals surface area contributed by atoms with Crippen LogP contribution in [0.3, 0.4) is 0 Å². The first-order valence-corrected chi connectivity index (χ1v) is 6.42. The summed E-state index contributed by atoms with van der Waals surface area (Å²) in [5.74, 6) is -0.653. The summed E-state index contributed by atoms with van der Waals surface area (Å²) >= 11 is 0. The first-order valence-electron chi connectivity index (χ1n) is 6.42. The van der Waals surface area contributed by atoms with Gasteiger partial charge in [0.2, 0.25) is 0 Å². The highest BCUT2D eigenvalue weighted by Crippen LogP contribution is 2.59. The minimum Gasteiger partial charge on any atom is -0.481 e. The molecule has 2 aliphatic carbocycles. The fourth-order valence-electron chi connectivity index (χ4n) is 3.79. The van der Waals surface area contributed by atoms with E-state index in [2.05, 4.69) is 12.1 Å². The number of aliphatic carboxylic acids is 1. The molecule has 17 heavy (non-hydrogen) atoms. The zero-order chi connectivity index (χ0) is 12.4. The molecule has 0 spiro atoms. The van der Waals surface area contributed by atoms with E-state index < -0.39 is 11.4 Å². The van der Waals surface area contributed by atoms with Crippen LogP contribution in [0.5, 0.6) is 0 Å². The van der Waals surface area contributed by atoms with Gasteiger partial charge in [0.1, 0.15) is 0 Å². The highest BCUT2D eigenvalue weighted by molar-refractivity contribution is 5.76. The van der Waals surface area contributed by atoms with Crippen LogP contribution in [0.4, 0.5) is 0 Å². The van der Waals surface area contributed by atoms with Gasteiger partial charge in [-0.2, -0.15) is 5.26 Å². The summed E-state index contributed by atoms with van der Waals surface area (Å²) in [4.78, 5) is 11.8. The number of rotatable bonds is 3. The van der Waals surface area contributed by atoms with Crippen molar-refractivity contribution in [2.75, 3.05) is 0 Å². The van der Waals surface area contributed by atoms with E-state index in [1.807, 2.05) is 6.08 Å². The summed E-state index contributed by atoms with van der Waals surface area (Å²) in [6, 6.07) is 2.18. The standard InChI is InChI=1S/C14H19NO2/c15-11-5-8-13-6-1-3-9-14(13,12(16)17)10-4-2-7-13/h1,3H,2,4-10H2,(H,16,17)/t13-,14+/m1/s1. The fraction of sp³-hybridized carbons (Fsp3) is 0.714. The van der Waals surface area contributed by atoms with Crippen LogP contribution < -0.4 is 0 Å². The molecule has 0 heterocycles. The van der Waals surface area contributed by atoms with Gasteiger partial charge >= 0.3 is 5.97 Å². The summed E-state index contributed by atoms with van der Waals surface area (Å²) in [7, 11) is 0. The van der Waals surface area contributed by atoms with Crippen molar-refractivity contribution < 1.29 is 9.90 Å². The average Bonchev–Trinajstić information content (AvgIpc) is 2.36. The van der Waals surface area contributed by atoms with Crippen molar-refractivity contribution in [3.05, 3.63) is 12.2 Å². The molecule has 1 saturated carbocycles. The lowest BCUT2D eigenvalue weighted by molar-refractivity contribution is -0.164. The summed E-state index contributed by atoms with van der Waals surface area (Å²) in [6.07, 6.45) is 10.7. The molecular weight excluding hydrogens is 214 g/mol. The van der Waals surface area contributed by atoms with Crippen LogP contribution in [0.15, 0.2) is 12.2 Å². The molecule has 3 nitrogen and oxygen atoms in total. The molecule has 0 saturated heterocycles. The molecule has 3 heteroatoms. The van der Waals surface area contributed by atoms with Gasteiger partial charge in [-0.15, -0.1) is 0 Å². The SMILES string of the molecule is N#CCC[C@]12CC=CC[C@@]1(C(=O)O)CCCC2. The molecule has 0 amide bonds. The second kappa shape index (κ2) is 4.52. The van der Waals surface area contributed by atoms with Crippen LogP contribution in [-0.2, 0) is 4.79 Å². The normalized spacial score (nSPS) is 35.9. The van der Waals surface area contributed by atoms with E-state index in [1.54, 1.807) is 0 Å². The van der Waals surface area contributed by atoms with E-state index in [0.717, 1.165) is 38.5 Å². The van der Waals surface area contributed by atoms with Crippen LogP contribution in [0.2, 0.25) is 0 Å². The number of allylic oxidation sites excluding steroid dienone is 2. The Hall–Kier alpha value is -1.30. The van der Waals surface area contributed by atoms with E-state index in [1.165, 1.54) is 0 Å². The Bertz CT molecular complexity index is 382. The van der Waals surface area contributed by atoms with E-state index in [-0.39, 0.29) is 5.41 Å². The third kappa shape index (κ3) is 1.76. The van der Waals surface area contributed by atoms with Crippen LogP contribution >= 0.6 is 0 Å². The topological polar surface area (TPSA) is 61.1 Å². The van der Waals surface area contributed by atoms with Gasteiger partial charge in [0.25, 0.3) is 0 Å². The fourth-order valence-corrected chi connectivity index (χ4v) is 3.79. The van der Waals surface area contributed by atoms with Crippen LogP contribution in [-0.4, -0.2) is 11.1 Å². The van der Waals surface area contributed by atoms with E-state index in [9.17, 15) is 9.90 Å². The zero-order valence-electron chi connectivity index (χ0n) is 10.1. The number of carboxylic acid groups (broad SMARTS) is 1. The van der Waals surface area contributed by atoms with Crippen molar-refractivity contribution in [3.8, 4) is 6.07 Å². The maximum Gasteiger partial charge on any atom is 0.310 e. The smallest absolute Gasteiger partial charge is 0.310 e. The zero-order valence-corrected chi connectivity index (χ0v) is 10.1. The maximum absolute atomic E-state index is 11.8. The maximum atomic E-state index is 11.8. The van der Waals surface area contributed by atoms with Gasteiger partial charge in [0.15, 0.2) is 0 Å². The molecule has 0 aromatic heterocycles. The van der Waals surface area contributed by atoms with Gasteiger partial charge in [-0.25, -0.2) is 0 Å². The van der Waals surface area contributed by atoms with Gasteiger partial charge in [-0.05, 0) is 37.5 Å². The Morgan fingerprint density at radius 3 is 2.71 bits per heavy atom. The largest absolute Gasteiger partial charge is 0.481 e. The Balaban J connectivity index is 2.37. The predicted octanol–water partition coefficient (Wildman–Crippen LogP) is 3.27. The van der Waals surface area contributed by atoms with Crippen molar-refractivity contribution >= 4 is 5.97 Å². The van der Waals surface area contributed by atoms with Crippen molar-refractivity contribution in [1.29, 1.82) is 5.26 Å². The Morgan fingerprint density at radius 1 is 1.29 bits per heavy atom. The minimum absolute atomic E-state index is 0.165. The quantitative estimate of drug-likeness (QED) is 0.761. The van der Waals surface area contributed by atoms with E-state index >= 15 is 0 Å². The van der Waals surface area contributed by atoms with E-state index in [0.29, 0.717) is 12.8 Å². The molecule has 2 aliphatic rings. The first-order chi connectivity index (χ1) is 8.17. The lowest BCUT2D eigenvalue weighted by Crippen LogP contribution is -2.51. The molecule has 1 N–H and O–H groups in total. The predicted molar refractivity (Wildman–Crippen MR) is 64.2 cm³/mol. The molecule has 0 radical (unpaired) electrons. The van der Waals surface area contributed by atoms with Gasteiger partial charge in [0, 0.05) is 6.42 Å². The number of nitrogens with zero attached hydrogens (tertiary/aromatic N) is 1. The lowest BCUT2D eigenvalue weighted by Gasteiger charge is -2.52. The molecule has 1 fully saturated rings. The third-order valence-electron chi connectivity index (χ3n) is 4.79. The summed E-state index contributed by atoms with van der Waals surface area (Å²) in [6.45, 7) is 0.